The molecule has 0 heterocycles. The molecule has 17 nitrogen and oxygen atoms in total. The fourth-order valence-electron chi connectivity index (χ4n) is 9.80. The van der Waals surface area contributed by atoms with Gasteiger partial charge in [0.2, 0.25) is 0 Å². The lowest BCUT2D eigenvalue weighted by molar-refractivity contribution is -0.161. The van der Waals surface area contributed by atoms with Gasteiger partial charge in [-0.2, -0.15) is 0 Å². The molecule has 5 unspecified atom stereocenters. The Bertz CT molecular complexity index is 2860. The molecule has 108 heavy (non-hydrogen) atoms. The third-order valence-electron chi connectivity index (χ3n) is 15.8. The third kappa shape index (κ3) is 77.8. The van der Waals surface area contributed by atoms with E-state index in [0.717, 1.165) is 193 Å². The maximum Gasteiger partial charge on any atom is 0.472 e. The lowest BCUT2D eigenvalue weighted by Gasteiger charge is -2.21. The van der Waals surface area contributed by atoms with E-state index in [1.54, 1.807) is 12.2 Å². The van der Waals surface area contributed by atoms with Crippen LogP contribution in [0.1, 0.15) is 272 Å². The van der Waals surface area contributed by atoms with Crippen LogP contribution < -0.4 is 0 Å². The van der Waals surface area contributed by atoms with Crippen LogP contribution in [-0.2, 0) is 65.4 Å². The number of aliphatic hydroxyl groups excluding tert-OH is 1. The van der Waals surface area contributed by atoms with Crippen molar-refractivity contribution in [2.24, 2.45) is 0 Å². The summed E-state index contributed by atoms with van der Waals surface area (Å²) in [6.07, 6.45) is 98.3. The molecule has 0 spiro atoms. The van der Waals surface area contributed by atoms with Crippen LogP contribution in [0.25, 0.3) is 0 Å². The Morgan fingerprint density at radius 3 is 0.778 bits per heavy atom. The summed E-state index contributed by atoms with van der Waals surface area (Å²) in [5, 5.41) is 10.7. The van der Waals surface area contributed by atoms with Gasteiger partial charge in [0.15, 0.2) is 12.2 Å². The molecule has 0 aromatic heterocycles. The molecule has 0 fully saturated rings. The largest absolute Gasteiger partial charge is 0.472 e. The van der Waals surface area contributed by atoms with Gasteiger partial charge in [-0.3, -0.25) is 37.3 Å². The summed E-state index contributed by atoms with van der Waals surface area (Å²) in [6.45, 7) is 4.20. The molecule has 3 N–H and O–H groups in total. The average Bonchev–Trinajstić information content (AvgIpc) is 0.900. The van der Waals surface area contributed by atoms with Gasteiger partial charge in [0.1, 0.15) is 19.3 Å². The minimum atomic E-state index is -5.02. The van der Waals surface area contributed by atoms with Gasteiger partial charge >= 0.3 is 39.5 Å². The molecule has 5 atom stereocenters. The minimum absolute atomic E-state index is 0.0498. The first kappa shape index (κ1) is 102. The number of esters is 4. The maximum absolute atomic E-state index is 13.1. The van der Waals surface area contributed by atoms with Crippen molar-refractivity contribution in [2.45, 2.75) is 290 Å². The van der Waals surface area contributed by atoms with Crippen molar-refractivity contribution in [3.8, 4) is 0 Å². The Kier molecular flexibility index (Phi) is 74.1. The molecule has 608 valence electrons. The van der Waals surface area contributed by atoms with Crippen LogP contribution in [0.15, 0.2) is 207 Å². The lowest BCUT2D eigenvalue weighted by atomic mass is 10.1. The van der Waals surface area contributed by atoms with E-state index in [-0.39, 0.29) is 25.7 Å². The highest BCUT2D eigenvalue weighted by Crippen LogP contribution is 2.45. The first-order valence-electron chi connectivity index (χ1n) is 40.3. The SMILES string of the molecule is CC/C=C\C/C=C\C/C=C\C/C=C\C/C=C\CC(=O)OC(COC(=O)CCCCCCCC/C=C\C/C=C\C/C=C\C/C=C\CC)COP(=O)(O)OCC(O)COP(=O)(O)OCC(COC(=O)CCCCCC/C=C\C/C=C\C/C=C\C/C=C\CC)OC(=O)CCCCCC/C=C\C/C=C\C/C=C\C/C=C\CC. The molecule has 0 amide bonds. The number of ether oxygens (including phenoxy) is 4. The Hall–Kier alpha value is -6.36. The Labute approximate surface area is 652 Å². The molecule has 0 aliphatic rings. The topological polar surface area (TPSA) is 237 Å². The monoisotopic (exact) mass is 1540 g/mol. The summed E-state index contributed by atoms with van der Waals surface area (Å²) in [5.41, 5.74) is 0. The molecule has 0 aromatic rings. The smallest absolute Gasteiger partial charge is 0.462 e. The van der Waals surface area contributed by atoms with E-state index in [1.165, 1.54) is 0 Å². The second-order valence-electron chi connectivity index (χ2n) is 25.8. The van der Waals surface area contributed by atoms with E-state index in [0.29, 0.717) is 25.7 Å². The summed E-state index contributed by atoms with van der Waals surface area (Å²) in [6, 6.07) is 0. The van der Waals surface area contributed by atoms with Crippen molar-refractivity contribution in [1.29, 1.82) is 0 Å². The molecule has 0 saturated heterocycles. The highest BCUT2D eigenvalue weighted by molar-refractivity contribution is 7.47. The van der Waals surface area contributed by atoms with Gasteiger partial charge in [-0.05, 0) is 167 Å². The van der Waals surface area contributed by atoms with E-state index < -0.39 is 97.5 Å². The van der Waals surface area contributed by atoms with Crippen molar-refractivity contribution in [2.75, 3.05) is 39.6 Å². The number of allylic oxidation sites excluding steroid dienone is 33. The number of aliphatic hydroxyl groups is 1. The van der Waals surface area contributed by atoms with Crippen LogP contribution in [0.2, 0.25) is 0 Å². The molecule has 19 heteroatoms. The second-order valence-corrected chi connectivity index (χ2v) is 28.8. The van der Waals surface area contributed by atoms with Crippen molar-refractivity contribution in [3.05, 3.63) is 207 Å². The number of hydrogen-bond donors (Lipinski definition) is 3. The molecule has 0 aromatic carbocycles. The predicted molar refractivity (Wildman–Crippen MR) is 445 cm³/mol. The second kappa shape index (κ2) is 78.8. The Morgan fingerprint density at radius 1 is 0.269 bits per heavy atom. The van der Waals surface area contributed by atoms with Gasteiger partial charge < -0.3 is 33.8 Å². The van der Waals surface area contributed by atoms with Crippen LogP contribution in [-0.4, -0.2) is 96.7 Å². The normalized spacial score (nSPS) is 14.9. The first-order valence-corrected chi connectivity index (χ1v) is 43.3. The summed E-state index contributed by atoms with van der Waals surface area (Å²) < 4.78 is 68.5. The van der Waals surface area contributed by atoms with Gasteiger partial charge in [0, 0.05) is 19.3 Å². The van der Waals surface area contributed by atoms with Crippen LogP contribution in [0.5, 0.6) is 0 Å². The lowest BCUT2D eigenvalue weighted by Crippen LogP contribution is -2.30. The van der Waals surface area contributed by atoms with Gasteiger partial charge in [-0.1, -0.05) is 286 Å². The van der Waals surface area contributed by atoms with Gasteiger partial charge in [-0.15, -0.1) is 0 Å². The van der Waals surface area contributed by atoms with Crippen molar-refractivity contribution in [3.63, 3.8) is 0 Å². The van der Waals surface area contributed by atoms with E-state index in [4.69, 9.17) is 37.0 Å². The summed E-state index contributed by atoms with van der Waals surface area (Å²) in [5.74, 6) is -2.42. The Balaban J connectivity index is 5.51. The zero-order chi connectivity index (χ0) is 78.9. The van der Waals surface area contributed by atoms with Gasteiger partial charge in [-0.25, -0.2) is 9.13 Å². The average molecular weight is 1540 g/mol. The van der Waals surface area contributed by atoms with Crippen LogP contribution >= 0.6 is 15.6 Å². The fourth-order valence-corrected chi connectivity index (χ4v) is 11.4. The van der Waals surface area contributed by atoms with Crippen molar-refractivity contribution < 1.29 is 80.2 Å². The third-order valence-corrected chi connectivity index (χ3v) is 17.7. The van der Waals surface area contributed by atoms with E-state index in [1.807, 2.05) is 12.2 Å². The number of phosphoric acid groups is 2. The van der Waals surface area contributed by atoms with Gasteiger partial charge in [0.05, 0.1) is 32.8 Å². The summed E-state index contributed by atoms with van der Waals surface area (Å²) >= 11 is 0. The zero-order valence-electron chi connectivity index (χ0n) is 66.4. The van der Waals surface area contributed by atoms with Crippen LogP contribution in [0, 0.1) is 0 Å². The highest BCUT2D eigenvalue weighted by Gasteiger charge is 2.30. The minimum Gasteiger partial charge on any atom is -0.462 e. The number of rotatable bonds is 73. The molecule has 0 radical (unpaired) electrons. The van der Waals surface area contributed by atoms with Crippen LogP contribution in [0.4, 0.5) is 0 Å². The molecule has 0 aliphatic carbocycles. The fraction of sp³-hybridized carbons (Fsp3) is 0.573. The maximum atomic E-state index is 13.1. The standard InChI is InChI=1S/C89H140O17P2/c1-5-9-13-17-21-25-29-33-37-40-41-44-47-50-54-58-62-66-70-74-87(92)100-79-84(105-88(93)75-71-67-63-59-55-51-45-36-32-28-24-20-16-12-8-4)81-103-107(95,96)101-77-83(90)78-102-108(97,98)104-82-85(106-89(94)76-72-68-64-60-56-52-48-43-39-35-31-27-23-19-15-11-7-3)80-99-86(91)73-69-65-61-57-53-49-46-42-38-34-30-26-22-18-14-10-6-2/h9-16,21-28,33-39,41,44-46,48-49,52,55,59,67,71,83-85,90H,5-8,17-20,29-32,40,42-43,47,50-51,53-54,56-58,60-66,68-70,72-82H2,1-4H3,(H,95,96)(H,97,98)/b13-9-,14-10-,15-11-,16-12-,25-21-,26-22-,27-23-,28-24-,37-33-,38-34-,39-35-,44-41-,45-36-,49-46-,52-48-,59-55-,71-67-. The van der Waals surface area contributed by atoms with E-state index >= 15 is 0 Å². The molecular formula is C89H140O17P2. The quantitative estimate of drug-likeness (QED) is 0.0169. The van der Waals surface area contributed by atoms with Crippen molar-refractivity contribution >= 4 is 39.5 Å². The zero-order valence-corrected chi connectivity index (χ0v) is 68.2. The van der Waals surface area contributed by atoms with Crippen molar-refractivity contribution in [1.82, 2.24) is 0 Å². The number of carbonyl (C=O) groups is 4. The Morgan fingerprint density at radius 2 is 0.491 bits per heavy atom. The first-order chi connectivity index (χ1) is 52.7. The predicted octanol–water partition coefficient (Wildman–Crippen LogP) is 23.9. The van der Waals surface area contributed by atoms with Gasteiger partial charge in [0.25, 0.3) is 0 Å². The molecule has 0 rings (SSSR count). The molecule has 0 aliphatic heterocycles. The molecular weight excluding hydrogens is 1400 g/mol. The van der Waals surface area contributed by atoms with Crippen LogP contribution in [0.3, 0.4) is 0 Å². The van der Waals surface area contributed by atoms with E-state index in [2.05, 4.69) is 210 Å². The van der Waals surface area contributed by atoms with E-state index in [9.17, 15) is 43.2 Å². The molecule has 0 saturated carbocycles. The number of unbranched alkanes of at least 4 members (excludes halogenated alkanes) is 14. The number of carbonyl (C=O) groups excluding carboxylic acids is 4. The summed E-state index contributed by atoms with van der Waals surface area (Å²) in [4.78, 5) is 73.1. The molecule has 0 bridgehead atoms. The summed E-state index contributed by atoms with van der Waals surface area (Å²) in [7, 11) is -10.0. The number of hydrogen-bond acceptors (Lipinski definition) is 15. The number of phosphoric ester groups is 2. The highest BCUT2D eigenvalue weighted by atomic mass is 31.2.